The summed E-state index contributed by atoms with van der Waals surface area (Å²) >= 11 is 2.10. The summed E-state index contributed by atoms with van der Waals surface area (Å²) in [6, 6.07) is 10.8. The highest BCUT2D eigenvalue weighted by atomic mass is 127. The van der Waals surface area contributed by atoms with Gasteiger partial charge in [-0.1, -0.05) is 53.8 Å². The molecule has 0 bridgehead atoms. The number of benzene rings is 2. The van der Waals surface area contributed by atoms with Crippen LogP contribution < -0.4 is 4.74 Å². The average Bonchev–Trinajstić information content (AvgIpc) is 2.52. The van der Waals surface area contributed by atoms with Gasteiger partial charge in [0, 0.05) is 10.8 Å². The summed E-state index contributed by atoms with van der Waals surface area (Å²) in [6.45, 7) is 4.28. The first-order chi connectivity index (χ1) is 10.5. The van der Waals surface area contributed by atoms with Crippen LogP contribution in [0, 0.1) is 0 Å². The van der Waals surface area contributed by atoms with Crippen LogP contribution in [-0.4, -0.2) is 27.7 Å². The van der Waals surface area contributed by atoms with Crippen LogP contribution >= 0.6 is 22.6 Å². The number of hydrogen-bond acceptors (Lipinski definition) is 4. The molecule has 0 saturated heterocycles. The van der Waals surface area contributed by atoms with Crippen molar-refractivity contribution in [3.05, 3.63) is 36.4 Å². The maximum absolute atomic E-state index is 11.8. The number of halogens is 1. The first kappa shape index (κ1) is 16.9. The molecule has 1 unspecified atom stereocenters. The molecule has 2 rings (SSSR count). The minimum atomic E-state index is -0.497. The zero-order valence-corrected chi connectivity index (χ0v) is 14.8. The molecule has 1 atom stereocenters. The first-order valence-electron chi connectivity index (χ1n) is 7.15. The Morgan fingerprint density at radius 3 is 2.59 bits per heavy atom. The van der Waals surface area contributed by atoms with E-state index in [1.165, 1.54) is 0 Å². The van der Waals surface area contributed by atoms with Gasteiger partial charge >= 0.3 is 5.97 Å². The minimum Gasteiger partial charge on any atom is -0.507 e. The van der Waals surface area contributed by atoms with E-state index in [1.54, 1.807) is 12.1 Å². The highest BCUT2D eigenvalue weighted by molar-refractivity contribution is 14.1. The lowest BCUT2D eigenvalue weighted by molar-refractivity contribution is -0.146. The zero-order chi connectivity index (χ0) is 16.2. The van der Waals surface area contributed by atoms with Crippen molar-refractivity contribution in [3.8, 4) is 11.5 Å². The van der Waals surface area contributed by atoms with Crippen LogP contribution in [0.5, 0.6) is 11.5 Å². The van der Waals surface area contributed by atoms with E-state index < -0.39 is 3.42 Å². The monoisotopic (exact) mass is 414 g/mol. The second kappa shape index (κ2) is 7.17. The summed E-state index contributed by atoms with van der Waals surface area (Å²) in [7, 11) is 0. The number of carbonyl (C=O) groups excluding carboxylic acids is 1. The van der Waals surface area contributed by atoms with Crippen molar-refractivity contribution in [2.75, 3.05) is 13.2 Å². The Labute approximate surface area is 143 Å². The smallest absolute Gasteiger partial charge is 0.321 e. The van der Waals surface area contributed by atoms with Crippen LogP contribution in [-0.2, 0) is 9.53 Å². The van der Waals surface area contributed by atoms with E-state index in [0.29, 0.717) is 5.75 Å². The number of aromatic hydroxyl groups is 1. The Balaban J connectivity index is 1.96. The summed E-state index contributed by atoms with van der Waals surface area (Å²) in [5.41, 5.74) is 0. The molecule has 4 nitrogen and oxygen atoms in total. The zero-order valence-electron chi connectivity index (χ0n) is 12.6. The molecule has 0 radical (unpaired) electrons. The Hall–Kier alpha value is -1.50. The van der Waals surface area contributed by atoms with Gasteiger partial charge in [-0.3, -0.25) is 4.79 Å². The molecule has 0 aliphatic carbocycles. The summed E-state index contributed by atoms with van der Waals surface area (Å²) in [4.78, 5) is 11.8. The third-order valence-electron chi connectivity index (χ3n) is 3.52. The van der Waals surface area contributed by atoms with E-state index in [0.717, 1.165) is 17.2 Å². The molecule has 2 aromatic rings. The number of phenolic OH excluding ortho intramolecular Hbond substituents is 1. The molecule has 0 aliphatic rings. The lowest BCUT2D eigenvalue weighted by Crippen LogP contribution is -2.30. The molecule has 0 heterocycles. The van der Waals surface area contributed by atoms with Crippen LogP contribution in [0.15, 0.2) is 36.4 Å². The number of hydrogen-bond donors (Lipinski definition) is 1. The number of ether oxygens (including phenoxy) is 2. The first-order valence-corrected chi connectivity index (χ1v) is 8.23. The molecule has 0 amide bonds. The number of rotatable bonds is 6. The van der Waals surface area contributed by atoms with Crippen LogP contribution in [0.3, 0.4) is 0 Å². The van der Waals surface area contributed by atoms with Crippen molar-refractivity contribution in [3.63, 3.8) is 0 Å². The fourth-order valence-corrected chi connectivity index (χ4v) is 2.13. The molecule has 0 spiro atoms. The Morgan fingerprint density at radius 2 is 1.86 bits per heavy atom. The maximum atomic E-state index is 11.8. The van der Waals surface area contributed by atoms with Crippen LogP contribution in [0.1, 0.15) is 20.3 Å². The number of esters is 1. The topological polar surface area (TPSA) is 55.8 Å². The van der Waals surface area contributed by atoms with Crippen molar-refractivity contribution in [2.24, 2.45) is 0 Å². The van der Waals surface area contributed by atoms with E-state index in [1.807, 2.05) is 38.1 Å². The predicted octanol–water partition coefficient (Wildman–Crippen LogP) is 4.07. The molecule has 0 fully saturated rings. The van der Waals surface area contributed by atoms with Gasteiger partial charge in [0.2, 0.25) is 0 Å². The fraction of sp³-hybridized carbons (Fsp3) is 0.353. The van der Waals surface area contributed by atoms with Gasteiger partial charge in [-0.2, -0.15) is 0 Å². The molecular formula is C17H19IO4. The van der Waals surface area contributed by atoms with E-state index in [9.17, 15) is 9.90 Å². The molecule has 0 saturated carbocycles. The van der Waals surface area contributed by atoms with Crippen molar-refractivity contribution >= 4 is 39.3 Å². The molecular weight excluding hydrogens is 395 g/mol. The number of fused-ring (bicyclic) bond motifs is 1. The lowest BCUT2D eigenvalue weighted by Gasteiger charge is -2.18. The predicted molar refractivity (Wildman–Crippen MR) is 94.8 cm³/mol. The van der Waals surface area contributed by atoms with Crippen molar-refractivity contribution in [1.29, 1.82) is 0 Å². The van der Waals surface area contributed by atoms with Gasteiger partial charge in [-0.25, -0.2) is 0 Å². The van der Waals surface area contributed by atoms with Gasteiger partial charge in [0.05, 0.1) is 0 Å². The minimum absolute atomic E-state index is 0.201. The molecule has 0 aromatic heterocycles. The van der Waals surface area contributed by atoms with Gasteiger partial charge in [-0.05, 0) is 25.5 Å². The van der Waals surface area contributed by atoms with Gasteiger partial charge in [0.25, 0.3) is 0 Å². The maximum Gasteiger partial charge on any atom is 0.321 e. The van der Waals surface area contributed by atoms with E-state index in [-0.39, 0.29) is 24.9 Å². The quantitative estimate of drug-likeness (QED) is 0.335. The average molecular weight is 414 g/mol. The third-order valence-corrected chi connectivity index (χ3v) is 4.73. The fourth-order valence-electron chi connectivity index (χ4n) is 1.97. The van der Waals surface area contributed by atoms with Crippen LogP contribution in [0.2, 0.25) is 0 Å². The normalized spacial score (nSPS) is 13.6. The highest BCUT2D eigenvalue weighted by Crippen LogP contribution is 2.31. The molecule has 1 N–H and O–H groups in total. The molecule has 22 heavy (non-hydrogen) atoms. The van der Waals surface area contributed by atoms with Crippen LogP contribution in [0.4, 0.5) is 0 Å². The summed E-state index contributed by atoms with van der Waals surface area (Å²) < 4.78 is 10.4. The molecule has 2 aromatic carbocycles. The van der Waals surface area contributed by atoms with E-state index in [4.69, 9.17) is 9.47 Å². The Kier molecular flexibility index (Phi) is 5.50. The number of alkyl halides is 1. The third kappa shape index (κ3) is 3.82. The second-order valence-electron chi connectivity index (χ2n) is 5.16. The standard InChI is InChI=1S/C17H19IO4/c1-3-17(2,18)16(20)22-11-10-21-15-9-5-6-12-13(15)7-4-8-14(12)19/h4-9,19H,3,10-11H2,1-2H3. The summed E-state index contributed by atoms with van der Waals surface area (Å²) in [6.07, 6.45) is 0.718. The van der Waals surface area contributed by atoms with Gasteiger partial charge in [0.1, 0.15) is 28.1 Å². The number of phenols is 1. The Morgan fingerprint density at radius 1 is 1.18 bits per heavy atom. The van der Waals surface area contributed by atoms with Gasteiger partial charge in [0.15, 0.2) is 0 Å². The van der Waals surface area contributed by atoms with Crippen molar-refractivity contribution < 1.29 is 19.4 Å². The summed E-state index contributed by atoms with van der Waals surface area (Å²) in [5.74, 6) is 0.657. The van der Waals surface area contributed by atoms with E-state index >= 15 is 0 Å². The molecule has 0 aliphatic heterocycles. The molecule has 5 heteroatoms. The second-order valence-corrected chi connectivity index (χ2v) is 7.54. The lowest BCUT2D eigenvalue weighted by atomic mass is 10.1. The highest BCUT2D eigenvalue weighted by Gasteiger charge is 2.29. The SMILES string of the molecule is CCC(C)(I)C(=O)OCCOc1cccc2c(O)cccc12. The summed E-state index contributed by atoms with van der Waals surface area (Å²) in [5, 5.41) is 11.4. The van der Waals surface area contributed by atoms with Gasteiger partial charge in [-0.15, -0.1) is 0 Å². The van der Waals surface area contributed by atoms with Crippen molar-refractivity contribution in [2.45, 2.75) is 23.7 Å². The Bertz CT molecular complexity index is 667. The van der Waals surface area contributed by atoms with Crippen LogP contribution in [0.25, 0.3) is 10.8 Å². The molecule has 118 valence electrons. The van der Waals surface area contributed by atoms with Crippen molar-refractivity contribution in [1.82, 2.24) is 0 Å². The van der Waals surface area contributed by atoms with Gasteiger partial charge < -0.3 is 14.6 Å². The largest absolute Gasteiger partial charge is 0.507 e. The van der Waals surface area contributed by atoms with E-state index in [2.05, 4.69) is 22.6 Å². The number of carbonyl (C=O) groups is 1.